The predicted octanol–water partition coefficient (Wildman–Crippen LogP) is 2.38. The standard InChI is InChI=1S/C14H20N2O5.C2H6/c1-14(2,3)21-13(20)16-7-6-15-12(19)9-4-5-10(17)11(18)8-9;1-2/h4-5,8,17-18H,6-7H2,1-3H3,(H,15,19)(H,16,20);1-2H3. The number of aromatic hydroxyl groups is 2. The molecule has 1 rings (SSSR count). The molecule has 2 amide bonds. The molecule has 1 aromatic carbocycles. The predicted molar refractivity (Wildman–Crippen MR) is 87.7 cm³/mol. The lowest BCUT2D eigenvalue weighted by Gasteiger charge is -2.19. The van der Waals surface area contributed by atoms with E-state index in [1.54, 1.807) is 20.8 Å². The van der Waals surface area contributed by atoms with Crippen molar-refractivity contribution in [2.45, 2.75) is 40.2 Å². The number of benzene rings is 1. The van der Waals surface area contributed by atoms with Gasteiger partial charge in [0.2, 0.25) is 0 Å². The Balaban J connectivity index is 0.00000232. The molecule has 0 saturated carbocycles. The van der Waals surface area contributed by atoms with Gasteiger partial charge in [0.1, 0.15) is 5.60 Å². The van der Waals surface area contributed by atoms with Gasteiger partial charge in [-0.3, -0.25) is 4.79 Å². The molecule has 0 radical (unpaired) electrons. The summed E-state index contributed by atoms with van der Waals surface area (Å²) in [6, 6.07) is 3.76. The van der Waals surface area contributed by atoms with E-state index in [9.17, 15) is 14.7 Å². The van der Waals surface area contributed by atoms with Gasteiger partial charge in [-0.2, -0.15) is 0 Å². The number of ether oxygens (including phenoxy) is 1. The van der Waals surface area contributed by atoms with Crippen molar-refractivity contribution >= 4 is 12.0 Å². The number of phenolic OH excluding ortho intramolecular Hbond substituents is 2. The van der Waals surface area contributed by atoms with Crippen LogP contribution in [0.15, 0.2) is 18.2 Å². The van der Waals surface area contributed by atoms with Crippen LogP contribution in [0.1, 0.15) is 45.0 Å². The van der Waals surface area contributed by atoms with Gasteiger partial charge in [0.05, 0.1) is 0 Å². The molecule has 0 bridgehead atoms. The first-order chi connectivity index (χ1) is 10.7. The van der Waals surface area contributed by atoms with Crippen molar-refractivity contribution in [3.8, 4) is 11.5 Å². The van der Waals surface area contributed by atoms with E-state index in [0.29, 0.717) is 0 Å². The average molecular weight is 326 g/mol. The minimum absolute atomic E-state index is 0.208. The topological polar surface area (TPSA) is 108 Å². The molecule has 0 fully saturated rings. The van der Waals surface area contributed by atoms with Crippen LogP contribution in [-0.2, 0) is 4.74 Å². The molecular weight excluding hydrogens is 300 g/mol. The first-order valence-electron chi connectivity index (χ1n) is 7.46. The number of phenols is 2. The normalized spacial score (nSPS) is 10.1. The first kappa shape index (κ1) is 20.6. The van der Waals surface area contributed by atoms with E-state index in [2.05, 4.69) is 10.6 Å². The van der Waals surface area contributed by atoms with E-state index < -0.39 is 17.6 Å². The number of amides is 2. The largest absolute Gasteiger partial charge is 0.504 e. The Hall–Kier alpha value is -2.44. The zero-order valence-electron chi connectivity index (χ0n) is 14.3. The average Bonchev–Trinajstić information content (AvgIpc) is 2.46. The summed E-state index contributed by atoms with van der Waals surface area (Å²) in [5.74, 6) is -1.08. The van der Waals surface area contributed by atoms with Crippen molar-refractivity contribution in [3.63, 3.8) is 0 Å². The number of rotatable bonds is 4. The molecular formula is C16H26N2O5. The fourth-order valence-electron chi connectivity index (χ4n) is 1.42. The van der Waals surface area contributed by atoms with Gasteiger partial charge >= 0.3 is 6.09 Å². The summed E-state index contributed by atoms with van der Waals surface area (Å²) < 4.78 is 5.03. The van der Waals surface area contributed by atoms with Crippen molar-refractivity contribution < 1.29 is 24.5 Å². The Morgan fingerprint density at radius 3 is 2.13 bits per heavy atom. The minimum Gasteiger partial charge on any atom is -0.504 e. The zero-order chi connectivity index (χ0) is 18.0. The van der Waals surface area contributed by atoms with Crippen LogP contribution >= 0.6 is 0 Å². The van der Waals surface area contributed by atoms with Crippen molar-refractivity contribution in [1.29, 1.82) is 0 Å². The number of alkyl carbamates (subject to hydrolysis) is 1. The molecule has 1 aromatic rings. The molecule has 0 atom stereocenters. The van der Waals surface area contributed by atoms with Crippen LogP contribution in [0.3, 0.4) is 0 Å². The van der Waals surface area contributed by atoms with E-state index in [1.807, 2.05) is 13.8 Å². The molecule has 0 spiro atoms. The van der Waals surface area contributed by atoms with Gasteiger partial charge in [-0.15, -0.1) is 0 Å². The second kappa shape index (κ2) is 9.55. The maximum atomic E-state index is 11.7. The molecule has 130 valence electrons. The lowest BCUT2D eigenvalue weighted by atomic mass is 10.2. The molecule has 23 heavy (non-hydrogen) atoms. The highest BCUT2D eigenvalue weighted by atomic mass is 16.6. The lowest BCUT2D eigenvalue weighted by molar-refractivity contribution is 0.0526. The number of carbonyl (C=O) groups excluding carboxylic acids is 2. The number of hydrogen-bond donors (Lipinski definition) is 4. The van der Waals surface area contributed by atoms with Crippen LogP contribution in [0, 0.1) is 0 Å². The maximum Gasteiger partial charge on any atom is 0.407 e. The van der Waals surface area contributed by atoms with Crippen LogP contribution in [0.2, 0.25) is 0 Å². The van der Waals surface area contributed by atoms with E-state index in [4.69, 9.17) is 9.84 Å². The molecule has 0 aliphatic heterocycles. The van der Waals surface area contributed by atoms with Crippen LogP contribution in [0.5, 0.6) is 11.5 Å². The molecule has 4 N–H and O–H groups in total. The molecule has 7 nitrogen and oxygen atoms in total. The van der Waals surface area contributed by atoms with Gasteiger partial charge in [-0.25, -0.2) is 4.79 Å². The summed E-state index contributed by atoms with van der Waals surface area (Å²) >= 11 is 0. The molecule has 0 aromatic heterocycles. The molecule has 0 heterocycles. The van der Waals surface area contributed by atoms with E-state index in [-0.39, 0.29) is 30.2 Å². The summed E-state index contributed by atoms with van der Waals surface area (Å²) in [6.07, 6.45) is -0.556. The van der Waals surface area contributed by atoms with Gasteiger partial charge in [0, 0.05) is 18.7 Å². The van der Waals surface area contributed by atoms with Gasteiger partial charge in [-0.1, -0.05) is 13.8 Å². The van der Waals surface area contributed by atoms with Crippen molar-refractivity contribution in [2.75, 3.05) is 13.1 Å². The summed E-state index contributed by atoms with van der Waals surface area (Å²) in [5.41, 5.74) is -0.362. The fraction of sp³-hybridized carbons (Fsp3) is 0.500. The monoisotopic (exact) mass is 326 g/mol. The lowest BCUT2D eigenvalue weighted by Crippen LogP contribution is -2.37. The Morgan fingerprint density at radius 1 is 1.04 bits per heavy atom. The summed E-state index contributed by atoms with van der Waals surface area (Å²) in [6.45, 7) is 9.69. The van der Waals surface area contributed by atoms with Crippen molar-refractivity contribution in [3.05, 3.63) is 23.8 Å². The third-order valence-corrected chi connectivity index (χ3v) is 2.32. The number of hydrogen-bond acceptors (Lipinski definition) is 5. The minimum atomic E-state index is -0.573. The Labute approximate surface area is 136 Å². The Kier molecular flexibility index (Phi) is 8.54. The van der Waals surface area contributed by atoms with Crippen LogP contribution in [0.25, 0.3) is 0 Å². The molecule has 0 aliphatic carbocycles. The number of nitrogens with one attached hydrogen (secondary N) is 2. The van der Waals surface area contributed by atoms with E-state index >= 15 is 0 Å². The molecule has 0 unspecified atom stereocenters. The van der Waals surface area contributed by atoms with Crippen LogP contribution in [0.4, 0.5) is 4.79 Å². The number of carbonyl (C=O) groups is 2. The van der Waals surface area contributed by atoms with Crippen molar-refractivity contribution in [2.24, 2.45) is 0 Å². The summed E-state index contributed by atoms with van der Waals surface area (Å²) in [4.78, 5) is 23.1. The first-order valence-corrected chi connectivity index (χ1v) is 7.46. The van der Waals surface area contributed by atoms with Crippen LogP contribution in [-0.4, -0.2) is 40.9 Å². The second-order valence-corrected chi connectivity index (χ2v) is 5.39. The highest BCUT2D eigenvalue weighted by Crippen LogP contribution is 2.24. The van der Waals surface area contributed by atoms with E-state index in [0.717, 1.165) is 6.07 Å². The second-order valence-electron chi connectivity index (χ2n) is 5.39. The third-order valence-electron chi connectivity index (χ3n) is 2.32. The maximum absolute atomic E-state index is 11.7. The smallest absolute Gasteiger partial charge is 0.407 e. The molecule has 0 aliphatic rings. The van der Waals surface area contributed by atoms with Gasteiger partial charge in [0.15, 0.2) is 11.5 Å². The zero-order valence-corrected chi connectivity index (χ0v) is 14.3. The SMILES string of the molecule is CC.CC(C)(C)OC(=O)NCCNC(=O)c1ccc(O)c(O)c1. The van der Waals surface area contributed by atoms with Gasteiger partial charge < -0.3 is 25.6 Å². The molecule has 0 saturated heterocycles. The highest BCUT2D eigenvalue weighted by Gasteiger charge is 2.15. The quantitative estimate of drug-likeness (QED) is 0.502. The highest BCUT2D eigenvalue weighted by molar-refractivity contribution is 5.94. The van der Waals surface area contributed by atoms with Crippen LogP contribution < -0.4 is 10.6 Å². The Bertz CT molecular complexity index is 524. The van der Waals surface area contributed by atoms with Gasteiger partial charge in [0.25, 0.3) is 5.91 Å². The van der Waals surface area contributed by atoms with Crippen molar-refractivity contribution in [1.82, 2.24) is 10.6 Å². The fourth-order valence-corrected chi connectivity index (χ4v) is 1.42. The third kappa shape index (κ3) is 8.55. The Morgan fingerprint density at radius 2 is 1.61 bits per heavy atom. The summed E-state index contributed by atoms with van der Waals surface area (Å²) in [5, 5.41) is 23.5. The van der Waals surface area contributed by atoms with Gasteiger partial charge in [-0.05, 0) is 39.0 Å². The molecule has 7 heteroatoms. The van der Waals surface area contributed by atoms with E-state index in [1.165, 1.54) is 12.1 Å². The summed E-state index contributed by atoms with van der Waals surface area (Å²) in [7, 11) is 0.